The van der Waals surface area contributed by atoms with Crippen LogP contribution in [0.5, 0.6) is 0 Å². The van der Waals surface area contributed by atoms with Crippen molar-refractivity contribution >= 4 is 41.2 Å². The van der Waals surface area contributed by atoms with Gasteiger partial charge in [-0.15, -0.1) is 11.8 Å². The third kappa shape index (κ3) is 3.21. The van der Waals surface area contributed by atoms with E-state index in [4.69, 9.17) is 0 Å². The van der Waals surface area contributed by atoms with Crippen LogP contribution in [0.25, 0.3) is 0 Å². The quantitative estimate of drug-likeness (QED) is 0.597. The minimum Gasteiger partial charge on any atom is -0.310 e. The molecule has 0 N–H and O–H groups in total. The summed E-state index contributed by atoms with van der Waals surface area (Å²) in [7, 11) is 0. The van der Waals surface area contributed by atoms with E-state index >= 15 is 0 Å². The van der Waals surface area contributed by atoms with Gasteiger partial charge in [-0.1, -0.05) is 19.1 Å². The number of thioether (sulfide) groups is 1. The zero-order valence-electron chi connectivity index (χ0n) is 15.0. The first-order chi connectivity index (χ1) is 12.3. The standard InChI is InChI=1S/C18H21N3O4S/c1-11(2)21-17(24)16(23)20(18(21)25)10-15(22)19-9-8-12(3)26-14-7-5-4-6-13(14)19/h4-7,11-12H,8-10H2,1-3H3. The Bertz CT molecular complexity index is 779. The normalized spacial score (nSPS) is 20.7. The number of rotatable bonds is 3. The van der Waals surface area contributed by atoms with E-state index in [1.807, 2.05) is 24.3 Å². The van der Waals surface area contributed by atoms with Crippen LogP contribution in [0.2, 0.25) is 0 Å². The highest BCUT2D eigenvalue weighted by Gasteiger charge is 2.46. The minimum atomic E-state index is -0.942. The molecule has 1 atom stereocenters. The van der Waals surface area contributed by atoms with Crippen LogP contribution >= 0.6 is 11.8 Å². The lowest BCUT2D eigenvalue weighted by Gasteiger charge is -2.24. The average Bonchev–Trinajstić information content (AvgIpc) is 2.73. The van der Waals surface area contributed by atoms with Crippen LogP contribution in [0.4, 0.5) is 10.5 Å². The molecule has 1 unspecified atom stereocenters. The van der Waals surface area contributed by atoms with Crippen LogP contribution in [0.1, 0.15) is 27.2 Å². The summed E-state index contributed by atoms with van der Waals surface area (Å²) in [6.45, 7) is 5.47. The van der Waals surface area contributed by atoms with Gasteiger partial charge in [0.15, 0.2) is 0 Å². The fraction of sp³-hybridized carbons (Fsp3) is 0.444. The molecule has 2 aliphatic heterocycles. The summed E-state index contributed by atoms with van der Waals surface area (Å²) < 4.78 is 0. The molecule has 2 aliphatic rings. The van der Waals surface area contributed by atoms with Crippen LogP contribution < -0.4 is 4.90 Å². The number of anilines is 1. The van der Waals surface area contributed by atoms with E-state index in [-0.39, 0.29) is 5.91 Å². The van der Waals surface area contributed by atoms with Crippen molar-refractivity contribution in [3.8, 4) is 0 Å². The molecule has 0 aromatic heterocycles. The summed E-state index contributed by atoms with van der Waals surface area (Å²) in [5, 5.41) is 0.349. The van der Waals surface area contributed by atoms with Gasteiger partial charge in [-0.05, 0) is 32.4 Å². The number of benzene rings is 1. The van der Waals surface area contributed by atoms with E-state index in [2.05, 4.69) is 6.92 Å². The minimum absolute atomic E-state index is 0.349. The van der Waals surface area contributed by atoms with Crippen molar-refractivity contribution in [3.63, 3.8) is 0 Å². The van der Waals surface area contributed by atoms with E-state index in [1.54, 1.807) is 30.5 Å². The van der Waals surface area contributed by atoms with E-state index in [1.165, 1.54) is 0 Å². The molecule has 0 radical (unpaired) electrons. The van der Waals surface area contributed by atoms with Crippen molar-refractivity contribution < 1.29 is 19.2 Å². The summed E-state index contributed by atoms with van der Waals surface area (Å²) in [5.74, 6) is -2.19. The maximum atomic E-state index is 12.9. The molecule has 1 fully saturated rings. The summed E-state index contributed by atoms with van der Waals surface area (Å²) in [6, 6.07) is 6.42. The van der Waals surface area contributed by atoms with Gasteiger partial charge in [0, 0.05) is 22.7 Å². The lowest BCUT2D eigenvalue weighted by molar-refractivity contribution is -0.144. The van der Waals surface area contributed by atoms with Crippen LogP contribution in [-0.4, -0.2) is 57.9 Å². The number of hydrogen-bond acceptors (Lipinski definition) is 5. The fourth-order valence-corrected chi connectivity index (χ4v) is 4.20. The molecule has 5 amide bonds. The second-order valence-corrected chi connectivity index (χ2v) is 8.15. The lowest BCUT2D eigenvalue weighted by Crippen LogP contribution is -2.44. The number of urea groups is 1. The number of nitrogens with zero attached hydrogens (tertiary/aromatic N) is 3. The smallest absolute Gasteiger partial charge is 0.310 e. The third-order valence-electron chi connectivity index (χ3n) is 4.44. The molecule has 0 aliphatic carbocycles. The SMILES string of the molecule is CC1CCN(C(=O)CN2C(=O)C(=O)N(C(C)C)C2=O)c2ccccc2S1. The van der Waals surface area contributed by atoms with Crippen molar-refractivity contribution in [3.05, 3.63) is 24.3 Å². The highest BCUT2D eigenvalue weighted by Crippen LogP contribution is 2.37. The third-order valence-corrected chi connectivity index (χ3v) is 5.68. The van der Waals surface area contributed by atoms with Crippen LogP contribution in [0, 0.1) is 0 Å². The van der Waals surface area contributed by atoms with E-state index in [9.17, 15) is 19.2 Å². The fourth-order valence-electron chi connectivity index (χ4n) is 3.08. The van der Waals surface area contributed by atoms with Crippen LogP contribution in [0.3, 0.4) is 0 Å². The Morgan fingerprint density at radius 3 is 2.54 bits per heavy atom. The molecule has 8 heteroatoms. The second kappa shape index (κ2) is 7.11. The zero-order chi connectivity index (χ0) is 19.0. The maximum absolute atomic E-state index is 12.9. The molecule has 1 saturated heterocycles. The van der Waals surface area contributed by atoms with Gasteiger partial charge in [0.2, 0.25) is 5.91 Å². The van der Waals surface area contributed by atoms with Gasteiger partial charge in [-0.2, -0.15) is 0 Å². The van der Waals surface area contributed by atoms with Gasteiger partial charge >= 0.3 is 17.8 Å². The Morgan fingerprint density at radius 2 is 1.88 bits per heavy atom. The average molecular weight is 375 g/mol. The van der Waals surface area contributed by atoms with Crippen molar-refractivity contribution in [2.45, 2.75) is 43.4 Å². The number of amides is 5. The Kier molecular flexibility index (Phi) is 5.04. The van der Waals surface area contributed by atoms with E-state index in [0.717, 1.165) is 26.8 Å². The molecule has 7 nitrogen and oxygen atoms in total. The lowest BCUT2D eigenvalue weighted by atomic mass is 10.2. The number of imide groups is 2. The van der Waals surface area contributed by atoms with Gasteiger partial charge in [0.05, 0.1) is 5.69 Å². The molecule has 1 aromatic carbocycles. The molecule has 2 heterocycles. The van der Waals surface area contributed by atoms with Crippen LogP contribution in [0.15, 0.2) is 29.2 Å². The first-order valence-electron chi connectivity index (χ1n) is 8.56. The summed E-state index contributed by atoms with van der Waals surface area (Å²) in [5.41, 5.74) is 0.776. The molecular formula is C18H21N3O4S. The summed E-state index contributed by atoms with van der Waals surface area (Å²) in [6.07, 6.45) is 0.796. The monoisotopic (exact) mass is 375 g/mol. The van der Waals surface area contributed by atoms with Crippen molar-refractivity contribution in [1.29, 1.82) is 0 Å². The van der Waals surface area contributed by atoms with Crippen molar-refractivity contribution in [2.24, 2.45) is 0 Å². The first-order valence-corrected chi connectivity index (χ1v) is 9.44. The number of carbonyl (C=O) groups is 4. The highest BCUT2D eigenvalue weighted by molar-refractivity contribution is 8.00. The number of fused-ring (bicyclic) bond motifs is 1. The van der Waals surface area contributed by atoms with Gasteiger partial charge in [-0.25, -0.2) is 9.69 Å². The zero-order valence-corrected chi connectivity index (χ0v) is 15.8. The Balaban J connectivity index is 1.83. The molecule has 1 aromatic rings. The van der Waals surface area contributed by atoms with Gasteiger partial charge in [0.25, 0.3) is 0 Å². The predicted octanol–water partition coefficient (Wildman–Crippen LogP) is 2.10. The molecule has 0 bridgehead atoms. The van der Waals surface area contributed by atoms with Crippen molar-refractivity contribution in [2.75, 3.05) is 18.0 Å². The van der Waals surface area contributed by atoms with Crippen LogP contribution in [-0.2, 0) is 14.4 Å². The molecule has 26 heavy (non-hydrogen) atoms. The molecule has 0 saturated carbocycles. The first kappa shape index (κ1) is 18.4. The Hall–Kier alpha value is -2.35. The van der Waals surface area contributed by atoms with E-state index < -0.39 is 30.4 Å². The van der Waals surface area contributed by atoms with Gasteiger partial charge in [0.1, 0.15) is 6.54 Å². The number of carbonyl (C=O) groups excluding carboxylic acids is 4. The predicted molar refractivity (Wildman–Crippen MR) is 97.8 cm³/mol. The summed E-state index contributed by atoms with van der Waals surface area (Å²) >= 11 is 1.70. The maximum Gasteiger partial charge on any atom is 0.334 e. The van der Waals surface area contributed by atoms with Crippen molar-refractivity contribution in [1.82, 2.24) is 9.80 Å². The van der Waals surface area contributed by atoms with E-state index in [0.29, 0.717) is 11.8 Å². The molecule has 3 rings (SSSR count). The number of hydrogen-bond donors (Lipinski definition) is 0. The Labute approximate surface area is 156 Å². The second-order valence-electron chi connectivity index (χ2n) is 6.67. The van der Waals surface area contributed by atoms with Gasteiger partial charge in [-0.3, -0.25) is 19.3 Å². The number of para-hydroxylation sites is 1. The molecule has 138 valence electrons. The largest absolute Gasteiger partial charge is 0.334 e. The Morgan fingerprint density at radius 1 is 1.19 bits per heavy atom. The summed E-state index contributed by atoms with van der Waals surface area (Å²) in [4.78, 5) is 53.7. The molecule has 0 spiro atoms. The van der Waals surface area contributed by atoms with Gasteiger partial charge < -0.3 is 4.90 Å². The highest BCUT2D eigenvalue weighted by atomic mass is 32.2. The molecular weight excluding hydrogens is 354 g/mol. The topological polar surface area (TPSA) is 78.0 Å².